The molecule has 1 aliphatic heterocycles. The quantitative estimate of drug-likeness (QED) is 0.481. The molecule has 0 atom stereocenters. The largest absolute Gasteiger partial charge is 0.337 e. The number of imidazole rings is 1. The zero-order valence-electron chi connectivity index (χ0n) is 18.5. The molecule has 1 saturated heterocycles. The van der Waals surface area contributed by atoms with Crippen LogP contribution in [-0.4, -0.2) is 69.2 Å². The average molecular weight is 440 g/mol. The predicted octanol–water partition coefficient (Wildman–Crippen LogP) is 3.57. The zero-order valence-corrected chi connectivity index (χ0v) is 18.5. The number of aromatic nitrogens is 3. The smallest absolute Gasteiger partial charge is 0.272 e. The second-order valence-corrected chi connectivity index (χ2v) is 8.37. The number of H-pyrrole nitrogens is 1. The highest BCUT2D eigenvalue weighted by Crippen LogP contribution is 2.20. The molecule has 1 aliphatic rings. The number of nitrogens with zero attached hydrogens (tertiary/aromatic N) is 4. The number of carbonyl (C=O) groups is 2. The molecule has 33 heavy (non-hydrogen) atoms. The summed E-state index contributed by atoms with van der Waals surface area (Å²) in [6.07, 6.45) is 0. The van der Waals surface area contributed by atoms with E-state index in [1.807, 2.05) is 67.6 Å². The Hall–Kier alpha value is -3.84. The molecule has 0 aliphatic carbocycles. The zero-order chi connectivity index (χ0) is 22.8. The number of hydrogen-bond acceptors (Lipinski definition) is 5. The third-order valence-electron chi connectivity index (χ3n) is 5.97. The molecule has 1 N–H and O–H groups in total. The Morgan fingerprint density at radius 2 is 1.70 bits per heavy atom. The van der Waals surface area contributed by atoms with Crippen molar-refractivity contribution < 1.29 is 9.59 Å². The van der Waals surface area contributed by atoms with Crippen LogP contribution in [0.2, 0.25) is 0 Å². The van der Waals surface area contributed by atoms with Gasteiger partial charge in [0.1, 0.15) is 11.4 Å². The fourth-order valence-electron chi connectivity index (χ4n) is 4.11. The van der Waals surface area contributed by atoms with E-state index in [0.29, 0.717) is 49.9 Å². The summed E-state index contributed by atoms with van der Waals surface area (Å²) in [6, 6.07) is 20.8. The van der Waals surface area contributed by atoms with Crippen LogP contribution in [0.4, 0.5) is 0 Å². The van der Waals surface area contributed by atoms with Gasteiger partial charge in [-0.3, -0.25) is 14.5 Å². The predicted molar refractivity (Wildman–Crippen MR) is 127 cm³/mol. The van der Waals surface area contributed by atoms with Crippen molar-refractivity contribution in [2.75, 3.05) is 32.7 Å². The highest BCUT2D eigenvalue weighted by molar-refractivity contribution is 5.97. The molecule has 4 aromatic rings. The van der Waals surface area contributed by atoms with Crippen LogP contribution in [-0.2, 0) is 0 Å². The lowest BCUT2D eigenvalue weighted by atomic mass is 10.1. The molecule has 2 aromatic heterocycles. The van der Waals surface area contributed by atoms with E-state index in [9.17, 15) is 9.59 Å². The Kier molecular flexibility index (Phi) is 5.71. The van der Waals surface area contributed by atoms with E-state index in [1.54, 1.807) is 11.0 Å². The van der Waals surface area contributed by atoms with Gasteiger partial charge >= 0.3 is 0 Å². The lowest BCUT2D eigenvalue weighted by molar-refractivity contribution is 0.0619. The van der Waals surface area contributed by atoms with Gasteiger partial charge in [0.2, 0.25) is 0 Å². The summed E-state index contributed by atoms with van der Waals surface area (Å²) in [6.45, 7) is 4.85. The molecule has 7 heteroatoms. The Labute approximate surface area is 192 Å². The van der Waals surface area contributed by atoms with Gasteiger partial charge in [-0.2, -0.15) is 0 Å². The van der Waals surface area contributed by atoms with E-state index in [1.165, 1.54) is 0 Å². The first-order valence-corrected chi connectivity index (χ1v) is 11.1. The number of pyridine rings is 1. The normalized spacial score (nSPS) is 14.5. The maximum Gasteiger partial charge on any atom is 0.272 e. The lowest BCUT2D eigenvalue weighted by Gasteiger charge is -2.34. The fourth-order valence-corrected chi connectivity index (χ4v) is 4.11. The van der Waals surface area contributed by atoms with Gasteiger partial charge in [-0.15, -0.1) is 0 Å². The van der Waals surface area contributed by atoms with Crippen LogP contribution in [0.3, 0.4) is 0 Å². The van der Waals surface area contributed by atoms with Gasteiger partial charge in [0.05, 0.1) is 17.6 Å². The monoisotopic (exact) mass is 439 g/mol. The third kappa shape index (κ3) is 4.54. The van der Waals surface area contributed by atoms with Crippen molar-refractivity contribution in [1.82, 2.24) is 24.8 Å². The second-order valence-electron chi connectivity index (χ2n) is 8.37. The molecule has 5 rings (SSSR count). The number of amides is 1. The van der Waals surface area contributed by atoms with E-state index in [2.05, 4.69) is 19.9 Å². The van der Waals surface area contributed by atoms with Crippen LogP contribution in [0.5, 0.6) is 0 Å². The number of Topliss-reactive ketones (excluding diaryl/α,β-unsaturated/α-hetero) is 1. The SMILES string of the molecule is Cc1ccc2[nH]c(-c3cccc(C(=O)N4CCN(CC(=O)c5ccccc5)CC4)n3)nc2c1. The minimum atomic E-state index is -0.0992. The highest BCUT2D eigenvalue weighted by Gasteiger charge is 2.24. The van der Waals surface area contributed by atoms with Crippen LogP contribution in [0, 0.1) is 6.92 Å². The minimum absolute atomic E-state index is 0.0992. The van der Waals surface area contributed by atoms with Gasteiger partial charge < -0.3 is 9.88 Å². The summed E-state index contributed by atoms with van der Waals surface area (Å²) in [7, 11) is 0. The standard InChI is InChI=1S/C26H25N5O2/c1-18-10-11-20-23(16-18)29-25(28-20)21-8-5-9-22(27-21)26(33)31-14-12-30(13-15-31)17-24(32)19-6-3-2-4-7-19/h2-11,16H,12-15,17H2,1H3,(H,28,29). The van der Waals surface area contributed by atoms with E-state index < -0.39 is 0 Å². The van der Waals surface area contributed by atoms with Gasteiger partial charge in [0, 0.05) is 31.7 Å². The number of rotatable bonds is 5. The van der Waals surface area contributed by atoms with Crippen molar-refractivity contribution in [3.05, 3.63) is 83.6 Å². The summed E-state index contributed by atoms with van der Waals surface area (Å²) in [5, 5.41) is 0. The molecular weight excluding hydrogens is 414 g/mol. The maximum atomic E-state index is 13.1. The number of ketones is 1. The molecular formula is C26H25N5O2. The molecule has 0 radical (unpaired) electrons. The Morgan fingerprint density at radius 3 is 2.48 bits per heavy atom. The first-order valence-electron chi connectivity index (χ1n) is 11.1. The van der Waals surface area contributed by atoms with E-state index >= 15 is 0 Å². The van der Waals surface area contributed by atoms with Crippen molar-refractivity contribution in [3.8, 4) is 11.5 Å². The summed E-state index contributed by atoms with van der Waals surface area (Å²) < 4.78 is 0. The Morgan fingerprint density at radius 1 is 0.909 bits per heavy atom. The fraction of sp³-hybridized carbons (Fsp3) is 0.231. The number of hydrogen-bond donors (Lipinski definition) is 1. The van der Waals surface area contributed by atoms with Crippen LogP contribution in [0.15, 0.2) is 66.7 Å². The number of aromatic amines is 1. The second kappa shape index (κ2) is 8.96. The molecule has 3 heterocycles. The topological polar surface area (TPSA) is 82.2 Å². The Balaban J connectivity index is 1.24. The molecule has 2 aromatic carbocycles. The number of aryl methyl sites for hydroxylation is 1. The van der Waals surface area contributed by atoms with Crippen LogP contribution in [0.25, 0.3) is 22.6 Å². The molecule has 0 spiro atoms. The highest BCUT2D eigenvalue weighted by atomic mass is 16.2. The van der Waals surface area contributed by atoms with Crippen molar-refractivity contribution in [2.24, 2.45) is 0 Å². The molecule has 1 fully saturated rings. The number of fused-ring (bicyclic) bond motifs is 1. The van der Waals surface area contributed by atoms with Crippen molar-refractivity contribution >= 4 is 22.7 Å². The van der Waals surface area contributed by atoms with Gasteiger partial charge in [0.15, 0.2) is 11.6 Å². The number of nitrogens with one attached hydrogen (secondary N) is 1. The summed E-state index contributed by atoms with van der Waals surface area (Å²) in [5.74, 6) is 0.651. The van der Waals surface area contributed by atoms with Crippen molar-refractivity contribution in [1.29, 1.82) is 0 Å². The van der Waals surface area contributed by atoms with Crippen LogP contribution in [0.1, 0.15) is 26.4 Å². The Bertz CT molecular complexity index is 1310. The van der Waals surface area contributed by atoms with Crippen molar-refractivity contribution in [2.45, 2.75) is 6.92 Å². The van der Waals surface area contributed by atoms with Crippen LogP contribution >= 0.6 is 0 Å². The van der Waals surface area contributed by atoms with Gasteiger partial charge in [-0.05, 0) is 36.8 Å². The number of piperazine rings is 1. The maximum absolute atomic E-state index is 13.1. The number of benzene rings is 2. The first kappa shape index (κ1) is 21.0. The minimum Gasteiger partial charge on any atom is -0.337 e. The summed E-state index contributed by atoms with van der Waals surface area (Å²) in [5.41, 5.74) is 4.72. The number of carbonyl (C=O) groups excluding carboxylic acids is 2. The molecule has 166 valence electrons. The molecule has 1 amide bonds. The van der Waals surface area contributed by atoms with Gasteiger partial charge in [0.25, 0.3) is 5.91 Å². The first-order chi connectivity index (χ1) is 16.1. The van der Waals surface area contributed by atoms with E-state index in [4.69, 9.17) is 0 Å². The van der Waals surface area contributed by atoms with E-state index in [-0.39, 0.29) is 11.7 Å². The van der Waals surface area contributed by atoms with Crippen molar-refractivity contribution in [3.63, 3.8) is 0 Å². The molecule has 7 nitrogen and oxygen atoms in total. The van der Waals surface area contributed by atoms with Crippen LogP contribution < -0.4 is 0 Å². The van der Waals surface area contributed by atoms with E-state index in [0.717, 1.165) is 22.2 Å². The van der Waals surface area contributed by atoms with Gasteiger partial charge in [-0.1, -0.05) is 42.5 Å². The molecule has 0 unspecified atom stereocenters. The van der Waals surface area contributed by atoms with Gasteiger partial charge in [-0.25, -0.2) is 9.97 Å². The summed E-state index contributed by atoms with van der Waals surface area (Å²) >= 11 is 0. The summed E-state index contributed by atoms with van der Waals surface area (Å²) in [4.78, 5) is 42.0. The molecule has 0 saturated carbocycles. The lowest BCUT2D eigenvalue weighted by Crippen LogP contribution is -2.50. The third-order valence-corrected chi connectivity index (χ3v) is 5.97. The molecule has 0 bridgehead atoms. The average Bonchev–Trinajstić information content (AvgIpc) is 3.28.